The van der Waals surface area contributed by atoms with E-state index in [9.17, 15) is 9.59 Å². The minimum Gasteiger partial charge on any atom is -0.453 e. The van der Waals surface area contributed by atoms with Gasteiger partial charge in [0.25, 0.3) is 5.91 Å². The van der Waals surface area contributed by atoms with Crippen LogP contribution in [0.3, 0.4) is 0 Å². The average Bonchev–Trinajstić information content (AvgIpc) is 3.14. The number of para-hydroxylation sites is 1. The van der Waals surface area contributed by atoms with Gasteiger partial charge in [-0.1, -0.05) is 49.4 Å². The largest absolute Gasteiger partial charge is 0.453 e. The molecular weight excluding hydrogens is 372 g/mol. The summed E-state index contributed by atoms with van der Waals surface area (Å²) < 4.78 is 6.37. The molecule has 0 saturated carbocycles. The van der Waals surface area contributed by atoms with Crippen LogP contribution in [0, 0.1) is 0 Å². The fourth-order valence-corrected chi connectivity index (χ4v) is 3.81. The molecule has 0 aliphatic carbocycles. The van der Waals surface area contributed by atoms with Crippen LogP contribution >= 0.6 is 11.3 Å². The number of ether oxygens (including phenoxy) is 1. The smallest absolute Gasteiger partial charge is 0.306 e. The van der Waals surface area contributed by atoms with Crippen LogP contribution in [-0.4, -0.2) is 29.5 Å². The highest BCUT2D eigenvalue weighted by molar-refractivity contribution is 7.18. The van der Waals surface area contributed by atoms with Crippen molar-refractivity contribution in [3.05, 3.63) is 65.2 Å². The second-order valence-corrected chi connectivity index (χ2v) is 7.88. The van der Waals surface area contributed by atoms with Gasteiger partial charge in [0.1, 0.15) is 0 Å². The lowest BCUT2D eigenvalue weighted by Gasteiger charge is -2.16. The van der Waals surface area contributed by atoms with Crippen LogP contribution in [0.25, 0.3) is 10.2 Å². The standard InChI is InChI=1S/C22H24N2O3S/c1-15(17-8-4-3-5-9-17)14-23-22(26)16(2)27-21(25)13-12-20-24-18-10-6-7-11-19(18)28-20/h3-11,15-16H,12-14H2,1-2H3,(H,23,26)/t15-,16+/m0/s1. The van der Waals surface area contributed by atoms with Gasteiger partial charge in [0.2, 0.25) is 0 Å². The first-order valence-corrected chi connectivity index (χ1v) is 10.2. The van der Waals surface area contributed by atoms with Crippen molar-refractivity contribution in [3.63, 3.8) is 0 Å². The quantitative estimate of drug-likeness (QED) is 0.583. The van der Waals surface area contributed by atoms with Crippen LogP contribution in [0.15, 0.2) is 54.6 Å². The Morgan fingerprint density at radius 1 is 1.07 bits per heavy atom. The fourth-order valence-electron chi connectivity index (χ4n) is 2.84. The molecule has 2 atom stereocenters. The normalized spacial score (nSPS) is 13.1. The van der Waals surface area contributed by atoms with E-state index in [1.54, 1.807) is 18.3 Å². The molecule has 5 nitrogen and oxygen atoms in total. The van der Waals surface area contributed by atoms with E-state index in [0.29, 0.717) is 13.0 Å². The van der Waals surface area contributed by atoms with E-state index in [-0.39, 0.29) is 18.2 Å². The van der Waals surface area contributed by atoms with Gasteiger partial charge < -0.3 is 10.1 Å². The van der Waals surface area contributed by atoms with Crippen molar-refractivity contribution in [1.29, 1.82) is 0 Å². The Labute approximate surface area is 168 Å². The minimum absolute atomic E-state index is 0.187. The Morgan fingerprint density at radius 2 is 1.79 bits per heavy atom. The van der Waals surface area contributed by atoms with Gasteiger partial charge in [-0.2, -0.15) is 0 Å². The Balaban J connectivity index is 1.42. The van der Waals surface area contributed by atoms with Crippen LogP contribution in [0.2, 0.25) is 0 Å². The first kappa shape index (κ1) is 20.0. The molecule has 0 bridgehead atoms. The molecule has 0 radical (unpaired) electrons. The van der Waals surface area contributed by atoms with E-state index >= 15 is 0 Å². The van der Waals surface area contributed by atoms with E-state index in [1.807, 2.05) is 61.5 Å². The lowest BCUT2D eigenvalue weighted by atomic mass is 10.0. The minimum atomic E-state index is -0.814. The SMILES string of the molecule is C[C@@H](OC(=O)CCc1nc2ccccc2s1)C(=O)NC[C@H](C)c1ccccc1. The number of hydrogen-bond acceptors (Lipinski definition) is 5. The lowest BCUT2D eigenvalue weighted by Crippen LogP contribution is -2.37. The molecule has 1 aromatic heterocycles. The number of carbonyl (C=O) groups excluding carboxylic acids is 2. The number of esters is 1. The molecular formula is C22H24N2O3S. The van der Waals surface area contributed by atoms with E-state index < -0.39 is 12.1 Å². The number of aromatic nitrogens is 1. The summed E-state index contributed by atoms with van der Waals surface area (Å²) in [6.07, 6.45) is -0.0964. The zero-order valence-corrected chi connectivity index (χ0v) is 16.9. The zero-order valence-electron chi connectivity index (χ0n) is 16.1. The second-order valence-electron chi connectivity index (χ2n) is 6.76. The van der Waals surface area contributed by atoms with E-state index in [1.165, 1.54) is 0 Å². The third kappa shape index (κ3) is 5.39. The molecule has 3 rings (SSSR count). The third-order valence-corrected chi connectivity index (χ3v) is 5.61. The van der Waals surface area contributed by atoms with Crippen LogP contribution in [0.5, 0.6) is 0 Å². The Morgan fingerprint density at radius 3 is 2.54 bits per heavy atom. The summed E-state index contributed by atoms with van der Waals surface area (Å²) in [6, 6.07) is 17.9. The highest BCUT2D eigenvalue weighted by Crippen LogP contribution is 2.22. The van der Waals surface area contributed by atoms with Gasteiger partial charge >= 0.3 is 5.97 Å². The molecule has 0 aliphatic rings. The second kappa shape index (κ2) is 9.46. The highest BCUT2D eigenvalue weighted by atomic mass is 32.1. The molecule has 6 heteroatoms. The van der Waals surface area contributed by atoms with Gasteiger partial charge in [-0.15, -0.1) is 11.3 Å². The number of nitrogens with zero attached hydrogens (tertiary/aromatic N) is 1. The Hall–Kier alpha value is -2.73. The molecule has 146 valence electrons. The predicted octanol–water partition coefficient (Wildman–Crippen LogP) is 4.08. The summed E-state index contributed by atoms with van der Waals surface area (Å²) in [5.41, 5.74) is 2.10. The van der Waals surface area contributed by atoms with Crippen molar-refractivity contribution < 1.29 is 14.3 Å². The number of nitrogens with one attached hydrogen (secondary N) is 1. The number of benzene rings is 2. The number of amides is 1. The third-order valence-electron chi connectivity index (χ3n) is 4.51. The van der Waals surface area contributed by atoms with Crippen LogP contribution < -0.4 is 5.32 Å². The van der Waals surface area contributed by atoms with Crippen molar-refractivity contribution in [2.75, 3.05) is 6.54 Å². The summed E-state index contributed by atoms with van der Waals surface area (Å²) in [5.74, 6) is -0.485. The van der Waals surface area contributed by atoms with Crippen molar-refractivity contribution >= 4 is 33.4 Å². The molecule has 1 amide bonds. The first-order valence-electron chi connectivity index (χ1n) is 9.39. The molecule has 0 fully saturated rings. The van der Waals surface area contributed by atoms with Crippen molar-refractivity contribution in [2.45, 2.75) is 38.7 Å². The van der Waals surface area contributed by atoms with Gasteiger partial charge in [-0.3, -0.25) is 9.59 Å². The summed E-state index contributed by atoms with van der Waals surface area (Å²) in [5, 5.41) is 3.75. The number of hydrogen-bond donors (Lipinski definition) is 1. The Kier molecular flexibility index (Phi) is 6.76. The monoisotopic (exact) mass is 396 g/mol. The topological polar surface area (TPSA) is 68.3 Å². The summed E-state index contributed by atoms with van der Waals surface area (Å²) in [6.45, 7) is 4.14. The van der Waals surface area contributed by atoms with Gasteiger partial charge in [-0.25, -0.2) is 4.98 Å². The molecule has 3 aromatic rings. The number of carbonyl (C=O) groups is 2. The highest BCUT2D eigenvalue weighted by Gasteiger charge is 2.19. The molecule has 0 spiro atoms. The number of thiazole rings is 1. The van der Waals surface area contributed by atoms with Crippen molar-refractivity contribution in [2.24, 2.45) is 0 Å². The maximum atomic E-state index is 12.2. The zero-order chi connectivity index (χ0) is 19.9. The summed E-state index contributed by atoms with van der Waals surface area (Å²) >= 11 is 1.58. The molecule has 1 heterocycles. The van der Waals surface area contributed by atoms with E-state index in [0.717, 1.165) is 20.8 Å². The summed E-state index contributed by atoms with van der Waals surface area (Å²) in [7, 11) is 0. The number of aryl methyl sites for hydroxylation is 1. The van der Waals surface area contributed by atoms with Crippen LogP contribution in [0.1, 0.15) is 36.8 Å². The van der Waals surface area contributed by atoms with Crippen LogP contribution in [0.4, 0.5) is 0 Å². The van der Waals surface area contributed by atoms with Gasteiger partial charge in [0.05, 0.1) is 21.6 Å². The van der Waals surface area contributed by atoms with Gasteiger partial charge in [-0.05, 0) is 30.5 Å². The molecule has 0 saturated heterocycles. The number of rotatable bonds is 8. The van der Waals surface area contributed by atoms with E-state index in [4.69, 9.17) is 4.74 Å². The Bertz CT molecular complexity index is 906. The average molecular weight is 397 g/mol. The molecule has 2 aromatic carbocycles. The van der Waals surface area contributed by atoms with Crippen molar-refractivity contribution in [1.82, 2.24) is 10.3 Å². The van der Waals surface area contributed by atoms with Crippen molar-refractivity contribution in [3.8, 4) is 0 Å². The maximum Gasteiger partial charge on any atom is 0.306 e. The first-order chi connectivity index (χ1) is 13.5. The van der Waals surface area contributed by atoms with Crippen LogP contribution in [-0.2, 0) is 20.7 Å². The van der Waals surface area contributed by atoms with Gasteiger partial charge in [0, 0.05) is 13.0 Å². The molecule has 1 N–H and O–H groups in total. The summed E-state index contributed by atoms with van der Waals surface area (Å²) in [4.78, 5) is 28.8. The molecule has 0 aliphatic heterocycles. The molecule has 0 unspecified atom stereocenters. The molecule has 28 heavy (non-hydrogen) atoms. The fraction of sp³-hybridized carbons (Fsp3) is 0.318. The number of fused-ring (bicyclic) bond motifs is 1. The van der Waals surface area contributed by atoms with Gasteiger partial charge in [0.15, 0.2) is 6.10 Å². The van der Waals surface area contributed by atoms with E-state index in [2.05, 4.69) is 10.3 Å². The maximum absolute atomic E-state index is 12.2. The predicted molar refractivity (Wildman–Crippen MR) is 111 cm³/mol. The lowest BCUT2D eigenvalue weighted by molar-refractivity contribution is -0.154.